The number of unbranched alkanes of at least 4 members (excludes halogenated alkanes) is 1. The molecule has 1 heterocycles. The lowest BCUT2D eigenvalue weighted by Gasteiger charge is -2.39. The Morgan fingerprint density at radius 1 is 1.09 bits per heavy atom. The maximum absolute atomic E-state index is 10.9. The van der Waals surface area contributed by atoms with Crippen LogP contribution < -0.4 is 0 Å². The van der Waals surface area contributed by atoms with Gasteiger partial charge in [-0.1, -0.05) is 60.1 Å². The molecule has 0 spiro atoms. The average Bonchev–Trinajstić information content (AvgIpc) is 2.79. The van der Waals surface area contributed by atoms with E-state index >= 15 is 0 Å². The smallest absolute Gasteiger partial charge is 0.0888 e. The molecule has 1 aromatic heterocycles. The molecular formula is C18H35N3O. The van der Waals surface area contributed by atoms with E-state index in [-0.39, 0.29) is 5.41 Å². The van der Waals surface area contributed by atoms with Gasteiger partial charge in [-0.15, -0.1) is 5.10 Å². The van der Waals surface area contributed by atoms with Crippen LogP contribution in [0.4, 0.5) is 0 Å². The molecule has 0 aliphatic rings. The molecule has 4 nitrogen and oxygen atoms in total. The monoisotopic (exact) mass is 309 g/mol. The molecule has 0 saturated heterocycles. The number of rotatable bonds is 7. The second-order valence-electron chi connectivity index (χ2n) is 8.79. The first-order valence-electron chi connectivity index (χ1n) is 8.58. The molecule has 0 bridgehead atoms. The van der Waals surface area contributed by atoms with Gasteiger partial charge in [0.05, 0.1) is 24.0 Å². The standard InChI is InChI=1S/C18H35N3O/c1-8-18(22,17(5,6)7)14-21-15(13-19-20-21)11-9-10-12-16(2,3)4/h13,22H,8-12,14H2,1-7H3. The van der Waals surface area contributed by atoms with Gasteiger partial charge in [0.1, 0.15) is 0 Å². The van der Waals surface area contributed by atoms with Crippen molar-refractivity contribution >= 4 is 0 Å². The summed E-state index contributed by atoms with van der Waals surface area (Å²) in [4.78, 5) is 0. The minimum absolute atomic E-state index is 0.183. The predicted molar refractivity (Wildman–Crippen MR) is 91.7 cm³/mol. The molecule has 0 aliphatic carbocycles. The molecule has 1 aromatic rings. The molecule has 1 atom stereocenters. The van der Waals surface area contributed by atoms with Gasteiger partial charge < -0.3 is 5.11 Å². The molecule has 1 N–H and O–H groups in total. The first-order chi connectivity index (χ1) is 9.98. The minimum Gasteiger partial charge on any atom is -0.387 e. The van der Waals surface area contributed by atoms with E-state index in [9.17, 15) is 5.11 Å². The summed E-state index contributed by atoms with van der Waals surface area (Å²) in [6.07, 6.45) is 7.12. The van der Waals surface area contributed by atoms with Crippen LogP contribution in [0.3, 0.4) is 0 Å². The third-order valence-corrected chi connectivity index (χ3v) is 4.70. The predicted octanol–water partition coefficient (Wildman–Crippen LogP) is 4.22. The van der Waals surface area contributed by atoms with Crippen molar-refractivity contribution in [2.75, 3.05) is 0 Å². The Bertz CT molecular complexity index is 454. The van der Waals surface area contributed by atoms with Gasteiger partial charge in [0.2, 0.25) is 0 Å². The van der Waals surface area contributed by atoms with Gasteiger partial charge in [-0.2, -0.15) is 0 Å². The van der Waals surface area contributed by atoms with Crippen molar-refractivity contribution in [3.8, 4) is 0 Å². The van der Waals surface area contributed by atoms with Crippen LogP contribution in [0.15, 0.2) is 6.20 Å². The van der Waals surface area contributed by atoms with Gasteiger partial charge in [0.15, 0.2) is 0 Å². The normalized spacial score (nSPS) is 15.8. The zero-order valence-electron chi connectivity index (χ0n) is 15.6. The first kappa shape index (κ1) is 19.1. The highest BCUT2D eigenvalue weighted by molar-refractivity contribution is 4.98. The van der Waals surface area contributed by atoms with Crippen molar-refractivity contribution in [3.05, 3.63) is 11.9 Å². The molecular weight excluding hydrogens is 274 g/mol. The van der Waals surface area contributed by atoms with Crippen molar-refractivity contribution in [1.82, 2.24) is 15.0 Å². The summed E-state index contributed by atoms with van der Waals surface area (Å²) in [5, 5.41) is 19.2. The minimum atomic E-state index is -0.763. The maximum atomic E-state index is 10.9. The van der Waals surface area contributed by atoms with E-state index in [4.69, 9.17) is 0 Å². The van der Waals surface area contributed by atoms with Crippen LogP contribution in [0.25, 0.3) is 0 Å². The number of hydrogen-bond acceptors (Lipinski definition) is 3. The van der Waals surface area contributed by atoms with Crippen molar-refractivity contribution in [1.29, 1.82) is 0 Å². The fourth-order valence-electron chi connectivity index (χ4n) is 2.69. The average molecular weight is 309 g/mol. The highest BCUT2D eigenvalue weighted by atomic mass is 16.3. The molecule has 0 radical (unpaired) electrons. The van der Waals surface area contributed by atoms with Gasteiger partial charge in [0.25, 0.3) is 0 Å². The van der Waals surface area contributed by atoms with E-state index in [1.54, 1.807) is 0 Å². The molecule has 1 rings (SSSR count). The second kappa shape index (κ2) is 7.12. The summed E-state index contributed by atoms with van der Waals surface area (Å²) in [5.74, 6) is 0. The second-order valence-corrected chi connectivity index (χ2v) is 8.79. The third kappa shape index (κ3) is 5.38. The Balaban J connectivity index is 2.66. The molecule has 0 saturated carbocycles. The lowest BCUT2D eigenvalue weighted by Crippen LogP contribution is -2.46. The number of hydrogen-bond donors (Lipinski definition) is 1. The lowest BCUT2D eigenvalue weighted by molar-refractivity contribution is -0.0770. The van der Waals surface area contributed by atoms with Crippen LogP contribution in [0.5, 0.6) is 0 Å². The first-order valence-corrected chi connectivity index (χ1v) is 8.58. The molecule has 0 fully saturated rings. The molecule has 0 amide bonds. The van der Waals surface area contributed by atoms with E-state index in [1.807, 2.05) is 17.8 Å². The molecule has 0 aromatic carbocycles. The van der Waals surface area contributed by atoms with Crippen LogP contribution in [-0.4, -0.2) is 25.7 Å². The molecule has 22 heavy (non-hydrogen) atoms. The van der Waals surface area contributed by atoms with E-state index in [2.05, 4.69) is 51.9 Å². The fraction of sp³-hybridized carbons (Fsp3) is 0.889. The van der Waals surface area contributed by atoms with Gasteiger partial charge in [-0.05, 0) is 36.5 Å². The van der Waals surface area contributed by atoms with Gasteiger partial charge >= 0.3 is 0 Å². The highest BCUT2D eigenvalue weighted by Crippen LogP contribution is 2.34. The third-order valence-electron chi connectivity index (χ3n) is 4.70. The Morgan fingerprint density at radius 3 is 2.23 bits per heavy atom. The van der Waals surface area contributed by atoms with E-state index in [0.717, 1.165) is 18.5 Å². The summed E-state index contributed by atoms with van der Waals surface area (Å²) in [6.45, 7) is 15.6. The van der Waals surface area contributed by atoms with Crippen molar-refractivity contribution in [2.45, 2.75) is 92.7 Å². The number of aromatic nitrogens is 3. The van der Waals surface area contributed by atoms with Crippen molar-refractivity contribution in [2.24, 2.45) is 10.8 Å². The largest absolute Gasteiger partial charge is 0.387 e. The molecule has 1 unspecified atom stereocenters. The summed E-state index contributed by atoms with van der Waals surface area (Å²) in [5.41, 5.74) is 0.579. The zero-order chi connectivity index (χ0) is 17.0. The Kier molecular flexibility index (Phi) is 6.19. The lowest BCUT2D eigenvalue weighted by atomic mass is 9.74. The maximum Gasteiger partial charge on any atom is 0.0888 e. The van der Waals surface area contributed by atoms with Gasteiger partial charge in [0, 0.05) is 0 Å². The number of aryl methyl sites for hydroxylation is 1. The van der Waals surface area contributed by atoms with Crippen molar-refractivity contribution in [3.63, 3.8) is 0 Å². The van der Waals surface area contributed by atoms with Crippen LogP contribution >= 0.6 is 0 Å². The summed E-state index contributed by atoms with van der Waals surface area (Å²) in [7, 11) is 0. The van der Waals surface area contributed by atoms with E-state index in [0.29, 0.717) is 18.4 Å². The summed E-state index contributed by atoms with van der Waals surface area (Å²) in [6, 6.07) is 0. The van der Waals surface area contributed by atoms with Crippen LogP contribution in [0, 0.1) is 10.8 Å². The van der Waals surface area contributed by atoms with E-state index < -0.39 is 5.60 Å². The topological polar surface area (TPSA) is 50.9 Å². The Hall–Kier alpha value is -0.900. The van der Waals surface area contributed by atoms with Crippen molar-refractivity contribution < 1.29 is 5.11 Å². The summed E-state index contributed by atoms with van der Waals surface area (Å²) >= 11 is 0. The zero-order valence-corrected chi connectivity index (χ0v) is 15.6. The van der Waals surface area contributed by atoms with Gasteiger partial charge in [-0.3, -0.25) is 0 Å². The highest BCUT2D eigenvalue weighted by Gasteiger charge is 2.39. The molecule has 128 valence electrons. The Morgan fingerprint density at radius 2 is 1.73 bits per heavy atom. The Labute approximate surface area is 136 Å². The quantitative estimate of drug-likeness (QED) is 0.767. The van der Waals surface area contributed by atoms with Crippen LogP contribution in [0.2, 0.25) is 0 Å². The van der Waals surface area contributed by atoms with Crippen LogP contribution in [0.1, 0.15) is 79.8 Å². The number of nitrogens with zero attached hydrogens (tertiary/aromatic N) is 3. The molecule has 4 heteroatoms. The van der Waals surface area contributed by atoms with Crippen LogP contribution in [-0.2, 0) is 13.0 Å². The number of aliphatic hydroxyl groups is 1. The van der Waals surface area contributed by atoms with E-state index in [1.165, 1.54) is 12.8 Å². The SMILES string of the molecule is CCC(O)(Cn1nncc1CCCCC(C)(C)C)C(C)(C)C. The fourth-order valence-corrected chi connectivity index (χ4v) is 2.69. The van der Waals surface area contributed by atoms with Gasteiger partial charge in [-0.25, -0.2) is 4.68 Å². The molecule has 0 aliphatic heterocycles. The summed E-state index contributed by atoms with van der Waals surface area (Å²) < 4.78 is 1.89.